The first-order valence-corrected chi connectivity index (χ1v) is 7.21. The summed E-state index contributed by atoms with van der Waals surface area (Å²) in [5.74, 6) is 0.788. The average Bonchev–Trinajstić information content (AvgIpc) is 2.40. The Balaban J connectivity index is 2.18. The molecule has 0 amide bonds. The molecule has 1 aromatic heterocycles. The van der Waals surface area contributed by atoms with Crippen LogP contribution in [0.5, 0.6) is 0 Å². The maximum absolute atomic E-state index is 11.4. The van der Waals surface area contributed by atoms with Gasteiger partial charge in [0.15, 0.2) is 0 Å². The van der Waals surface area contributed by atoms with E-state index in [-0.39, 0.29) is 16.4 Å². The zero-order chi connectivity index (χ0) is 14.1. The van der Waals surface area contributed by atoms with Crippen molar-refractivity contribution in [2.45, 2.75) is 32.2 Å². The predicted octanol–water partition coefficient (Wildman–Crippen LogP) is 1.54. The smallest absolute Gasteiger partial charge is 0.314 e. The third-order valence-corrected chi connectivity index (χ3v) is 3.57. The minimum absolute atomic E-state index is 0.00220. The standard InChI is InChI=1S/C13H18N2O3S/c1-2-12(17)19-10-6-4-3-5-9-15-11(16)7-8-14-13(15)18/h2,7-8H,1,3-6,9-10H2,(H,14,18). The highest BCUT2D eigenvalue weighted by molar-refractivity contribution is 8.14. The second kappa shape index (κ2) is 8.53. The predicted molar refractivity (Wildman–Crippen MR) is 77.5 cm³/mol. The van der Waals surface area contributed by atoms with Gasteiger partial charge >= 0.3 is 5.69 Å². The Hall–Kier alpha value is -1.56. The summed E-state index contributed by atoms with van der Waals surface area (Å²) in [6, 6.07) is 1.35. The van der Waals surface area contributed by atoms with Crippen LogP contribution >= 0.6 is 11.8 Å². The number of unbranched alkanes of at least 4 members (excludes halogenated alkanes) is 3. The fraction of sp³-hybridized carbons (Fsp3) is 0.462. The Kier molecular flexibility index (Phi) is 6.95. The fourth-order valence-corrected chi connectivity index (χ4v) is 2.29. The summed E-state index contributed by atoms with van der Waals surface area (Å²) in [6.07, 6.45) is 6.33. The largest absolute Gasteiger partial charge is 0.328 e. The quantitative estimate of drug-likeness (QED) is 0.580. The summed E-state index contributed by atoms with van der Waals surface area (Å²) < 4.78 is 1.20. The molecule has 6 heteroatoms. The van der Waals surface area contributed by atoms with E-state index in [1.165, 1.54) is 34.7 Å². The first-order chi connectivity index (χ1) is 9.15. The fourth-order valence-electron chi connectivity index (χ4n) is 1.62. The lowest BCUT2D eigenvalue weighted by Gasteiger charge is -2.03. The van der Waals surface area contributed by atoms with Crippen molar-refractivity contribution in [1.29, 1.82) is 0 Å². The van der Waals surface area contributed by atoms with Crippen molar-refractivity contribution in [2.75, 3.05) is 5.75 Å². The van der Waals surface area contributed by atoms with Crippen LogP contribution in [0.15, 0.2) is 34.5 Å². The highest BCUT2D eigenvalue weighted by atomic mass is 32.2. The molecule has 0 atom stereocenters. The van der Waals surface area contributed by atoms with Gasteiger partial charge in [-0.2, -0.15) is 0 Å². The van der Waals surface area contributed by atoms with E-state index < -0.39 is 0 Å². The van der Waals surface area contributed by atoms with Crippen LogP contribution < -0.4 is 11.2 Å². The molecule has 0 aliphatic heterocycles. The third-order valence-electron chi connectivity index (χ3n) is 2.63. The minimum atomic E-state index is -0.361. The molecular formula is C13H18N2O3S. The lowest BCUT2D eigenvalue weighted by atomic mass is 10.2. The Bertz CT molecular complexity index is 505. The molecule has 19 heavy (non-hydrogen) atoms. The Labute approximate surface area is 115 Å². The SMILES string of the molecule is C=CC(=O)SCCCCCCn1c(=O)cc[nH]c1=O. The molecule has 0 aliphatic rings. The number of aromatic nitrogens is 2. The van der Waals surface area contributed by atoms with Crippen LogP contribution in [0.3, 0.4) is 0 Å². The van der Waals surface area contributed by atoms with Gasteiger partial charge in [0.25, 0.3) is 5.56 Å². The van der Waals surface area contributed by atoms with E-state index in [0.717, 1.165) is 31.4 Å². The normalized spacial score (nSPS) is 10.3. The maximum Gasteiger partial charge on any atom is 0.328 e. The summed E-state index contributed by atoms with van der Waals surface area (Å²) in [4.78, 5) is 36.2. The molecule has 0 aliphatic carbocycles. The van der Waals surface area contributed by atoms with E-state index in [4.69, 9.17) is 0 Å². The summed E-state index contributed by atoms with van der Waals surface area (Å²) >= 11 is 1.27. The van der Waals surface area contributed by atoms with E-state index >= 15 is 0 Å². The molecule has 0 aromatic carbocycles. The van der Waals surface area contributed by atoms with Crippen molar-refractivity contribution in [3.8, 4) is 0 Å². The van der Waals surface area contributed by atoms with E-state index in [9.17, 15) is 14.4 Å². The molecule has 0 fully saturated rings. The van der Waals surface area contributed by atoms with Crippen molar-refractivity contribution in [3.05, 3.63) is 45.8 Å². The molecule has 1 rings (SSSR count). The molecule has 0 spiro atoms. The van der Waals surface area contributed by atoms with Crippen LogP contribution in [0.2, 0.25) is 0 Å². The number of thioether (sulfide) groups is 1. The summed E-state index contributed by atoms with van der Waals surface area (Å²) in [7, 11) is 0. The monoisotopic (exact) mass is 282 g/mol. The van der Waals surface area contributed by atoms with Crippen molar-refractivity contribution < 1.29 is 4.79 Å². The lowest BCUT2D eigenvalue weighted by molar-refractivity contribution is -0.107. The second-order valence-corrected chi connectivity index (χ2v) is 5.16. The lowest BCUT2D eigenvalue weighted by Crippen LogP contribution is -2.33. The Morgan fingerprint density at radius 3 is 2.74 bits per heavy atom. The van der Waals surface area contributed by atoms with E-state index in [2.05, 4.69) is 11.6 Å². The molecule has 0 saturated carbocycles. The molecule has 1 heterocycles. The number of aromatic amines is 1. The van der Waals surface area contributed by atoms with Crippen LogP contribution in [0, 0.1) is 0 Å². The number of H-pyrrole nitrogens is 1. The molecule has 104 valence electrons. The zero-order valence-corrected chi connectivity index (χ0v) is 11.6. The topological polar surface area (TPSA) is 71.9 Å². The molecule has 1 aromatic rings. The van der Waals surface area contributed by atoms with Gasteiger partial charge in [-0.3, -0.25) is 14.2 Å². The molecule has 1 N–H and O–H groups in total. The van der Waals surface area contributed by atoms with Gasteiger partial charge in [0, 0.05) is 24.6 Å². The van der Waals surface area contributed by atoms with Gasteiger partial charge in [-0.05, 0) is 18.9 Å². The van der Waals surface area contributed by atoms with Crippen molar-refractivity contribution in [3.63, 3.8) is 0 Å². The number of carbonyl (C=O) groups excluding carboxylic acids is 1. The van der Waals surface area contributed by atoms with Crippen LogP contribution in [0.1, 0.15) is 25.7 Å². The highest BCUT2D eigenvalue weighted by Crippen LogP contribution is 2.09. The zero-order valence-electron chi connectivity index (χ0n) is 10.8. The van der Waals surface area contributed by atoms with Gasteiger partial charge in [-0.25, -0.2) is 4.79 Å². The number of hydrogen-bond donors (Lipinski definition) is 1. The Morgan fingerprint density at radius 1 is 1.32 bits per heavy atom. The molecule has 0 unspecified atom stereocenters. The number of rotatable bonds is 8. The van der Waals surface area contributed by atoms with Crippen molar-refractivity contribution >= 4 is 16.9 Å². The van der Waals surface area contributed by atoms with Crippen molar-refractivity contribution in [2.24, 2.45) is 0 Å². The first kappa shape index (κ1) is 15.5. The number of carbonyl (C=O) groups is 1. The van der Waals surface area contributed by atoms with Crippen LogP contribution in [-0.2, 0) is 11.3 Å². The summed E-state index contributed by atoms with van der Waals surface area (Å²) in [5, 5.41) is 0.00220. The summed E-state index contributed by atoms with van der Waals surface area (Å²) in [5.41, 5.74) is -0.629. The Morgan fingerprint density at radius 2 is 2.05 bits per heavy atom. The van der Waals surface area contributed by atoms with Crippen LogP contribution in [0.4, 0.5) is 0 Å². The van der Waals surface area contributed by atoms with Gasteiger partial charge in [0.1, 0.15) is 0 Å². The van der Waals surface area contributed by atoms with Crippen LogP contribution in [-0.4, -0.2) is 20.4 Å². The van der Waals surface area contributed by atoms with E-state index in [0.29, 0.717) is 6.54 Å². The molecular weight excluding hydrogens is 264 g/mol. The second-order valence-electron chi connectivity index (χ2n) is 4.06. The maximum atomic E-state index is 11.4. The van der Waals surface area contributed by atoms with Gasteiger partial charge < -0.3 is 4.98 Å². The van der Waals surface area contributed by atoms with Crippen LogP contribution in [0.25, 0.3) is 0 Å². The first-order valence-electron chi connectivity index (χ1n) is 6.23. The highest BCUT2D eigenvalue weighted by Gasteiger charge is 2.00. The molecule has 0 bridgehead atoms. The number of nitrogens with zero attached hydrogens (tertiary/aromatic N) is 1. The van der Waals surface area contributed by atoms with Gasteiger partial charge in [-0.15, -0.1) is 0 Å². The van der Waals surface area contributed by atoms with Crippen molar-refractivity contribution in [1.82, 2.24) is 9.55 Å². The number of hydrogen-bond acceptors (Lipinski definition) is 4. The summed E-state index contributed by atoms with van der Waals surface area (Å²) in [6.45, 7) is 3.84. The van der Waals surface area contributed by atoms with Gasteiger partial charge in [-0.1, -0.05) is 31.2 Å². The molecule has 0 radical (unpaired) electrons. The van der Waals surface area contributed by atoms with E-state index in [1.807, 2.05) is 0 Å². The minimum Gasteiger partial charge on any atom is -0.314 e. The van der Waals surface area contributed by atoms with Gasteiger partial charge in [0.2, 0.25) is 5.12 Å². The number of nitrogens with one attached hydrogen (secondary N) is 1. The molecule has 5 nitrogen and oxygen atoms in total. The van der Waals surface area contributed by atoms with Gasteiger partial charge in [0.05, 0.1) is 0 Å². The van der Waals surface area contributed by atoms with E-state index in [1.54, 1.807) is 0 Å². The third kappa shape index (κ3) is 5.74. The molecule has 0 saturated heterocycles. The average molecular weight is 282 g/mol.